The van der Waals surface area contributed by atoms with Crippen LogP contribution in [0.5, 0.6) is 0 Å². The van der Waals surface area contributed by atoms with E-state index in [-0.39, 0.29) is 6.10 Å². The molecular weight excluding hydrogens is 238 g/mol. The number of imidazole rings is 1. The van der Waals surface area contributed by atoms with Crippen LogP contribution in [-0.2, 0) is 6.54 Å². The minimum Gasteiger partial charge on any atom is -0.393 e. The molecule has 0 radical (unpaired) electrons. The van der Waals surface area contributed by atoms with Crippen molar-refractivity contribution in [1.29, 1.82) is 0 Å². The zero-order valence-corrected chi connectivity index (χ0v) is 10.9. The van der Waals surface area contributed by atoms with Crippen LogP contribution in [0.4, 0.5) is 0 Å². The molecule has 2 fully saturated rings. The van der Waals surface area contributed by atoms with E-state index in [0.29, 0.717) is 18.5 Å². The molecule has 0 amide bonds. The lowest BCUT2D eigenvalue weighted by Gasteiger charge is -2.31. The first-order valence-electron chi connectivity index (χ1n) is 7.15. The Bertz CT molecular complexity index is 624. The van der Waals surface area contributed by atoms with E-state index in [1.165, 1.54) is 24.2 Å². The molecule has 2 aromatic rings. The van der Waals surface area contributed by atoms with Gasteiger partial charge >= 0.3 is 0 Å². The molecule has 100 valence electrons. The highest BCUT2D eigenvalue weighted by Crippen LogP contribution is 2.44. The maximum atomic E-state index is 9.53. The number of hydrogen-bond donors (Lipinski definition) is 2. The van der Waals surface area contributed by atoms with Crippen LogP contribution in [0.15, 0.2) is 18.2 Å². The summed E-state index contributed by atoms with van der Waals surface area (Å²) < 4.78 is 2.41. The molecule has 4 nitrogen and oxygen atoms in total. The van der Waals surface area contributed by atoms with Crippen LogP contribution in [0.1, 0.15) is 49.0 Å². The van der Waals surface area contributed by atoms with E-state index in [0.717, 1.165) is 23.9 Å². The van der Waals surface area contributed by atoms with Crippen molar-refractivity contribution in [3.8, 4) is 0 Å². The molecule has 2 saturated carbocycles. The first-order chi connectivity index (χ1) is 9.26. The number of nitrogens with two attached hydrogens (primary N) is 1. The van der Waals surface area contributed by atoms with E-state index in [2.05, 4.69) is 22.8 Å². The van der Waals surface area contributed by atoms with Crippen LogP contribution >= 0.6 is 0 Å². The number of rotatable bonds is 3. The quantitative estimate of drug-likeness (QED) is 0.884. The summed E-state index contributed by atoms with van der Waals surface area (Å²) in [5.74, 6) is 1.61. The Morgan fingerprint density at radius 1 is 1.32 bits per heavy atom. The van der Waals surface area contributed by atoms with E-state index in [9.17, 15) is 5.11 Å². The molecule has 0 spiro atoms. The fourth-order valence-electron chi connectivity index (χ4n) is 3.09. The van der Waals surface area contributed by atoms with Gasteiger partial charge in [0.25, 0.3) is 0 Å². The number of hydrogen-bond acceptors (Lipinski definition) is 3. The maximum absolute atomic E-state index is 9.53. The summed E-state index contributed by atoms with van der Waals surface area (Å²) in [5, 5.41) is 9.53. The van der Waals surface area contributed by atoms with Crippen molar-refractivity contribution in [3.63, 3.8) is 0 Å². The van der Waals surface area contributed by atoms with Gasteiger partial charge in [-0.2, -0.15) is 0 Å². The summed E-state index contributed by atoms with van der Waals surface area (Å²) in [6.07, 6.45) is 4.11. The van der Waals surface area contributed by atoms with Crippen LogP contribution in [0.3, 0.4) is 0 Å². The maximum Gasteiger partial charge on any atom is 0.113 e. The SMILES string of the molecule is NCc1ccc2c(c1)nc(C1CC(O)C1)n2C1CC1. The molecular formula is C15H19N3O. The Hall–Kier alpha value is -1.39. The topological polar surface area (TPSA) is 64.1 Å². The van der Waals surface area contributed by atoms with Gasteiger partial charge in [0.2, 0.25) is 0 Å². The molecule has 0 aliphatic heterocycles. The third-order valence-corrected chi connectivity index (χ3v) is 4.41. The van der Waals surface area contributed by atoms with Gasteiger partial charge in [0, 0.05) is 18.5 Å². The zero-order valence-electron chi connectivity index (χ0n) is 10.9. The van der Waals surface area contributed by atoms with E-state index < -0.39 is 0 Å². The van der Waals surface area contributed by atoms with Crippen molar-refractivity contribution in [2.45, 2.75) is 50.3 Å². The highest BCUT2D eigenvalue weighted by molar-refractivity contribution is 5.77. The van der Waals surface area contributed by atoms with Gasteiger partial charge in [0.15, 0.2) is 0 Å². The van der Waals surface area contributed by atoms with Gasteiger partial charge in [0.1, 0.15) is 5.82 Å². The highest BCUT2D eigenvalue weighted by Gasteiger charge is 2.36. The average Bonchev–Trinajstić information content (AvgIpc) is 3.15. The molecule has 1 heterocycles. The lowest BCUT2D eigenvalue weighted by molar-refractivity contribution is 0.0705. The Balaban J connectivity index is 1.84. The molecule has 2 aliphatic rings. The number of benzene rings is 1. The summed E-state index contributed by atoms with van der Waals surface area (Å²) in [7, 11) is 0. The average molecular weight is 257 g/mol. The molecule has 0 unspecified atom stereocenters. The standard InChI is InChI=1S/C15H19N3O/c16-8-9-1-4-14-13(5-9)17-15(10-6-12(19)7-10)18(14)11-2-3-11/h1,4-5,10-12,19H,2-3,6-8,16H2. The van der Waals surface area contributed by atoms with Gasteiger partial charge in [-0.3, -0.25) is 0 Å². The van der Waals surface area contributed by atoms with Gasteiger partial charge < -0.3 is 15.4 Å². The van der Waals surface area contributed by atoms with E-state index in [1.54, 1.807) is 0 Å². The summed E-state index contributed by atoms with van der Waals surface area (Å²) in [6.45, 7) is 0.559. The largest absolute Gasteiger partial charge is 0.393 e. The third kappa shape index (κ3) is 1.78. The van der Waals surface area contributed by atoms with Crippen molar-refractivity contribution >= 4 is 11.0 Å². The molecule has 4 heteroatoms. The van der Waals surface area contributed by atoms with Crippen molar-refractivity contribution < 1.29 is 5.11 Å². The van der Waals surface area contributed by atoms with Gasteiger partial charge in [0.05, 0.1) is 17.1 Å². The lowest BCUT2D eigenvalue weighted by Crippen LogP contribution is -2.28. The second kappa shape index (κ2) is 4.05. The predicted molar refractivity (Wildman–Crippen MR) is 73.9 cm³/mol. The van der Waals surface area contributed by atoms with Crippen molar-refractivity contribution in [1.82, 2.24) is 9.55 Å². The predicted octanol–water partition coefficient (Wildman–Crippen LogP) is 2.07. The summed E-state index contributed by atoms with van der Waals surface area (Å²) >= 11 is 0. The molecule has 1 aromatic carbocycles. The summed E-state index contributed by atoms with van der Waals surface area (Å²) in [6, 6.07) is 6.98. The molecule has 2 aliphatic carbocycles. The van der Waals surface area contributed by atoms with Gasteiger partial charge in [-0.15, -0.1) is 0 Å². The Morgan fingerprint density at radius 3 is 2.74 bits per heavy atom. The number of aromatic nitrogens is 2. The fourth-order valence-corrected chi connectivity index (χ4v) is 3.09. The molecule has 0 saturated heterocycles. The second-order valence-corrected chi connectivity index (χ2v) is 5.92. The minimum atomic E-state index is -0.128. The molecule has 19 heavy (non-hydrogen) atoms. The normalized spacial score (nSPS) is 26.6. The molecule has 4 rings (SSSR count). The second-order valence-electron chi connectivity index (χ2n) is 5.92. The molecule has 3 N–H and O–H groups in total. The van der Waals surface area contributed by atoms with E-state index in [1.807, 2.05) is 0 Å². The van der Waals surface area contributed by atoms with Crippen molar-refractivity contribution in [2.75, 3.05) is 0 Å². The first kappa shape index (κ1) is 11.4. The van der Waals surface area contributed by atoms with Crippen LogP contribution in [0.25, 0.3) is 11.0 Å². The van der Waals surface area contributed by atoms with Crippen LogP contribution in [0, 0.1) is 0 Å². The summed E-state index contributed by atoms with van der Waals surface area (Å²) in [4.78, 5) is 4.84. The Labute approximate surface area is 112 Å². The summed E-state index contributed by atoms with van der Waals surface area (Å²) in [5.41, 5.74) is 9.13. The Kier molecular flexibility index (Phi) is 2.44. The fraction of sp³-hybridized carbons (Fsp3) is 0.533. The smallest absolute Gasteiger partial charge is 0.113 e. The van der Waals surface area contributed by atoms with Crippen molar-refractivity contribution in [2.24, 2.45) is 5.73 Å². The Morgan fingerprint density at radius 2 is 2.11 bits per heavy atom. The first-order valence-corrected chi connectivity index (χ1v) is 7.15. The lowest BCUT2D eigenvalue weighted by atomic mass is 9.82. The van der Waals surface area contributed by atoms with Gasteiger partial charge in [-0.1, -0.05) is 6.07 Å². The van der Waals surface area contributed by atoms with Crippen LogP contribution < -0.4 is 5.73 Å². The van der Waals surface area contributed by atoms with E-state index in [4.69, 9.17) is 10.7 Å². The van der Waals surface area contributed by atoms with Crippen LogP contribution in [0.2, 0.25) is 0 Å². The number of aliphatic hydroxyl groups is 1. The van der Waals surface area contributed by atoms with Crippen molar-refractivity contribution in [3.05, 3.63) is 29.6 Å². The third-order valence-electron chi connectivity index (χ3n) is 4.41. The van der Waals surface area contributed by atoms with E-state index >= 15 is 0 Å². The van der Waals surface area contributed by atoms with Gasteiger partial charge in [-0.25, -0.2) is 4.98 Å². The highest BCUT2D eigenvalue weighted by atomic mass is 16.3. The number of nitrogens with zero attached hydrogens (tertiary/aromatic N) is 2. The molecule has 1 aromatic heterocycles. The van der Waals surface area contributed by atoms with Crippen LogP contribution in [-0.4, -0.2) is 20.8 Å². The number of aliphatic hydroxyl groups excluding tert-OH is 1. The molecule has 0 atom stereocenters. The monoisotopic (exact) mass is 257 g/mol. The molecule has 0 bridgehead atoms. The number of fused-ring (bicyclic) bond motifs is 1. The van der Waals surface area contributed by atoms with Gasteiger partial charge in [-0.05, 0) is 43.4 Å². The zero-order chi connectivity index (χ0) is 13.0. The minimum absolute atomic E-state index is 0.128.